The molecule has 0 bridgehead atoms. The van der Waals surface area contributed by atoms with Crippen LogP contribution in [0.2, 0.25) is 0 Å². The van der Waals surface area contributed by atoms with Crippen molar-refractivity contribution in [3.05, 3.63) is 0 Å². The first-order chi connectivity index (χ1) is 3.31. The Morgan fingerprint density at radius 3 is 2.43 bits per heavy atom. The van der Waals surface area contributed by atoms with Gasteiger partial charge >= 0.3 is 0 Å². The van der Waals surface area contributed by atoms with Gasteiger partial charge in [-0.1, -0.05) is 0 Å². The molecule has 0 spiro atoms. The van der Waals surface area contributed by atoms with Crippen molar-refractivity contribution >= 4 is 10.4 Å². The summed E-state index contributed by atoms with van der Waals surface area (Å²) in [5, 5.41) is 16.8. The fourth-order valence-corrected chi connectivity index (χ4v) is 0.771. The van der Waals surface area contributed by atoms with Gasteiger partial charge in [-0.2, -0.15) is 0 Å². The Bertz CT molecular complexity index is 43.9. The summed E-state index contributed by atoms with van der Waals surface area (Å²) in [5.74, 6) is 0. The Morgan fingerprint density at radius 1 is 1.71 bits per heavy atom. The first kappa shape index (κ1) is 7.10. The van der Waals surface area contributed by atoms with Crippen LogP contribution in [0.1, 0.15) is 0 Å². The molecule has 3 nitrogen and oxygen atoms in total. The van der Waals surface area contributed by atoms with Crippen LogP contribution in [-0.2, 0) is 0 Å². The maximum atomic E-state index is 8.57. The van der Waals surface area contributed by atoms with Crippen LogP contribution < -0.4 is 4.98 Å². The molecule has 0 aromatic carbocycles. The minimum absolute atomic E-state index is 0.144. The van der Waals surface area contributed by atoms with E-state index in [0.717, 1.165) is 10.4 Å². The topological polar surface area (TPSA) is 52.5 Å². The minimum atomic E-state index is -0.572. The van der Waals surface area contributed by atoms with Crippen molar-refractivity contribution in [3.63, 3.8) is 0 Å². The van der Waals surface area contributed by atoms with Crippen molar-refractivity contribution in [2.24, 2.45) is 0 Å². The normalized spacial score (nSPS) is 14.6. The molecule has 0 radical (unpaired) electrons. The second-order valence-corrected chi connectivity index (χ2v) is 2.10. The van der Waals surface area contributed by atoms with Gasteiger partial charge in [0.05, 0.1) is 23.1 Å². The van der Waals surface area contributed by atoms with Crippen LogP contribution in [0.3, 0.4) is 0 Å². The molecule has 4 heteroatoms. The Hall–Kier alpha value is 0.0969. The minimum Gasteiger partial charge on any atom is -0.394 e. The summed E-state index contributed by atoms with van der Waals surface area (Å²) >= 11 is 0. The van der Waals surface area contributed by atoms with Crippen LogP contribution >= 0.6 is 0 Å². The Morgan fingerprint density at radius 2 is 2.29 bits per heavy atom. The molecule has 0 aromatic heterocycles. The maximum Gasteiger partial charge on any atom is 0.0888 e. The van der Waals surface area contributed by atoms with Crippen molar-refractivity contribution in [1.29, 1.82) is 0 Å². The van der Waals surface area contributed by atoms with Crippen molar-refractivity contribution in [2.45, 2.75) is 6.10 Å². The summed E-state index contributed by atoms with van der Waals surface area (Å²) in [4.78, 5) is 2.85. The van der Waals surface area contributed by atoms with Crippen LogP contribution in [0.25, 0.3) is 0 Å². The second kappa shape index (κ2) is 4.26. The van der Waals surface area contributed by atoms with Gasteiger partial charge in [-0.3, -0.25) is 0 Å². The monoisotopic (exact) mass is 121 g/mol. The Labute approximate surface area is 45.9 Å². The molecule has 0 aromatic rings. The molecule has 7 heavy (non-hydrogen) atoms. The van der Waals surface area contributed by atoms with E-state index >= 15 is 0 Å². The van der Waals surface area contributed by atoms with E-state index in [4.69, 9.17) is 10.2 Å². The summed E-state index contributed by atoms with van der Waals surface area (Å²) in [6.45, 7) is 0.373. The number of rotatable bonds is 3. The molecular formula is C3H11NO2Si. The maximum absolute atomic E-state index is 8.57. The molecule has 0 aliphatic heterocycles. The smallest absolute Gasteiger partial charge is 0.0888 e. The van der Waals surface area contributed by atoms with E-state index in [2.05, 4.69) is 4.98 Å². The molecule has 0 fully saturated rings. The number of hydrogen-bond donors (Lipinski definition) is 3. The average Bonchev–Trinajstić information content (AvgIpc) is 1.68. The summed E-state index contributed by atoms with van der Waals surface area (Å²) < 4.78 is 0. The largest absolute Gasteiger partial charge is 0.394 e. The van der Waals surface area contributed by atoms with Gasteiger partial charge in [-0.05, 0) is 0 Å². The van der Waals surface area contributed by atoms with Crippen molar-refractivity contribution in [1.82, 2.24) is 4.98 Å². The molecule has 0 heterocycles. The van der Waals surface area contributed by atoms with Gasteiger partial charge in [0, 0.05) is 6.54 Å². The predicted octanol–water partition coefficient (Wildman–Crippen LogP) is -2.79. The van der Waals surface area contributed by atoms with Crippen LogP contribution in [0.4, 0.5) is 0 Å². The van der Waals surface area contributed by atoms with Gasteiger partial charge in [-0.15, -0.1) is 0 Å². The zero-order chi connectivity index (χ0) is 5.70. The quantitative estimate of drug-likeness (QED) is 0.354. The highest BCUT2D eigenvalue weighted by atomic mass is 28.2. The molecule has 0 aliphatic carbocycles. The lowest BCUT2D eigenvalue weighted by molar-refractivity contribution is 0.0990. The van der Waals surface area contributed by atoms with Gasteiger partial charge in [0.1, 0.15) is 0 Å². The SMILES string of the molecule is OCC(O)CN[SiH3]. The lowest BCUT2D eigenvalue weighted by Gasteiger charge is -2.02. The molecule has 3 N–H and O–H groups in total. The second-order valence-electron chi connectivity index (χ2n) is 1.39. The number of aliphatic hydroxyl groups is 2. The van der Waals surface area contributed by atoms with Gasteiger partial charge in [-0.25, -0.2) is 0 Å². The van der Waals surface area contributed by atoms with E-state index in [0.29, 0.717) is 6.54 Å². The standard InChI is InChI=1S/C3H11NO2Si/c5-2-3(6)1-4-7/h3-6H,1-2H2,7H3. The fourth-order valence-electron chi connectivity index (χ4n) is 0.300. The highest BCUT2D eigenvalue weighted by Gasteiger charge is 1.95. The molecular weight excluding hydrogens is 110 g/mol. The zero-order valence-corrected chi connectivity index (χ0v) is 6.39. The van der Waals surface area contributed by atoms with Crippen molar-refractivity contribution in [3.8, 4) is 0 Å². The predicted molar refractivity (Wildman–Crippen MR) is 31.0 cm³/mol. The first-order valence-corrected chi connectivity index (χ1v) is 3.24. The van der Waals surface area contributed by atoms with E-state index in [-0.39, 0.29) is 6.61 Å². The van der Waals surface area contributed by atoms with Crippen LogP contribution in [-0.4, -0.2) is 39.9 Å². The Kier molecular flexibility index (Phi) is 4.32. The van der Waals surface area contributed by atoms with E-state index in [1.54, 1.807) is 0 Å². The first-order valence-electron chi connectivity index (χ1n) is 2.24. The van der Waals surface area contributed by atoms with Crippen LogP contribution in [0.5, 0.6) is 0 Å². The van der Waals surface area contributed by atoms with Gasteiger partial charge in [0.15, 0.2) is 0 Å². The third-order valence-corrected chi connectivity index (χ3v) is 1.06. The summed E-state index contributed by atoms with van der Waals surface area (Å²) in [6.07, 6.45) is -0.572. The highest BCUT2D eigenvalue weighted by Crippen LogP contribution is 1.72. The van der Waals surface area contributed by atoms with Gasteiger partial charge < -0.3 is 15.2 Å². The average molecular weight is 121 g/mol. The molecule has 1 unspecified atom stereocenters. The van der Waals surface area contributed by atoms with Gasteiger partial charge in [0.25, 0.3) is 0 Å². The highest BCUT2D eigenvalue weighted by molar-refractivity contribution is 6.04. The lowest BCUT2D eigenvalue weighted by atomic mass is 10.4. The third kappa shape index (κ3) is 3.94. The zero-order valence-electron chi connectivity index (χ0n) is 4.39. The summed E-state index contributed by atoms with van der Waals surface area (Å²) in [6, 6.07) is 0. The fraction of sp³-hybridized carbons (Fsp3) is 1.00. The van der Waals surface area contributed by atoms with Crippen molar-refractivity contribution in [2.75, 3.05) is 13.2 Å². The lowest BCUT2D eigenvalue weighted by Crippen LogP contribution is -2.27. The molecule has 0 rings (SSSR count). The molecule has 44 valence electrons. The summed E-state index contributed by atoms with van der Waals surface area (Å²) in [7, 11) is 0.870. The van der Waals surface area contributed by atoms with E-state index in [9.17, 15) is 0 Å². The van der Waals surface area contributed by atoms with E-state index in [1.807, 2.05) is 0 Å². The van der Waals surface area contributed by atoms with Crippen LogP contribution in [0, 0.1) is 0 Å². The third-order valence-electron chi connectivity index (χ3n) is 0.650. The van der Waals surface area contributed by atoms with Crippen LogP contribution in [0.15, 0.2) is 0 Å². The molecule has 0 saturated carbocycles. The van der Waals surface area contributed by atoms with E-state index < -0.39 is 6.10 Å². The van der Waals surface area contributed by atoms with E-state index in [1.165, 1.54) is 0 Å². The Balaban J connectivity index is 2.83. The molecule has 0 aliphatic rings. The summed E-state index contributed by atoms with van der Waals surface area (Å²) in [5.41, 5.74) is 0. The van der Waals surface area contributed by atoms with Crippen molar-refractivity contribution < 1.29 is 10.2 Å². The number of nitrogens with one attached hydrogen (secondary N) is 1. The number of aliphatic hydroxyl groups excluding tert-OH is 2. The molecule has 0 saturated heterocycles. The van der Waals surface area contributed by atoms with Gasteiger partial charge in [0.2, 0.25) is 0 Å². The number of hydrogen-bond acceptors (Lipinski definition) is 3. The molecule has 1 atom stereocenters. The molecule has 0 amide bonds.